The van der Waals surface area contributed by atoms with Gasteiger partial charge in [-0.1, -0.05) is 23.4 Å². The van der Waals surface area contributed by atoms with E-state index in [1.54, 1.807) is 50.6 Å². The number of aromatic amines is 1. The number of carbonyl (C=O) groups is 1. The third-order valence-corrected chi connectivity index (χ3v) is 4.98. The topological polar surface area (TPSA) is 98.4 Å². The summed E-state index contributed by atoms with van der Waals surface area (Å²) in [7, 11) is 4.65. The first-order valence-electron chi connectivity index (χ1n) is 8.45. The number of hydrogen-bond donors (Lipinski definition) is 2. The first-order chi connectivity index (χ1) is 14.0. The first kappa shape index (κ1) is 20.8. The largest absolute Gasteiger partial charge is 0.497 e. The zero-order chi connectivity index (χ0) is 20.8. The van der Waals surface area contributed by atoms with Gasteiger partial charge in [-0.05, 0) is 30.3 Å². The highest BCUT2D eigenvalue weighted by atomic mass is 35.5. The van der Waals surface area contributed by atoms with E-state index in [1.165, 1.54) is 18.9 Å². The van der Waals surface area contributed by atoms with Crippen LogP contribution in [0, 0.1) is 0 Å². The predicted octanol–water partition coefficient (Wildman–Crippen LogP) is 3.88. The Kier molecular flexibility index (Phi) is 6.84. The van der Waals surface area contributed by atoms with Crippen molar-refractivity contribution in [3.8, 4) is 28.6 Å². The fourth-order valence-corrected chi connectivity index (χ4v) is 3.30. The Morgan fingerprint density at radius 1 is 1.10 bits per heavy atom. The molecule has 10 heteroatoms. The standard InChI is InChI=1S/C19H19ClN4O4S/c1-26-12-5-7-16(28-3)14(9-12)21-17(25)10-29-19-22-18(23-24-19)13-8-11(20)4-6-15(13)27-2/h4-9H,10H2,1-3H3,(H,21,25)(H,22,23,24). The van der Waals surface area contributed by atoms with Gasteiger partial charge in [0.15, 0.2) is 5.82 Å². The Balaban J connectivity index is 1.66. The normalized spacial score (nSPS) is 10.5. The van der Waals surface area contributed by atoms with E-state index >= 15 is 0 Å². The minimum absolute atomic E-state index is 0.115. The predicted molar refractivity (Wildman–Crippen MR) is 112 cm³/mol. The van der Waals surface area contributed by atoms with Crippen LogP contribution < -0.4 is 19.5 Å². The lowest BCUT2D eigenvalue weighted by Crippen LogP contribution is -2.15. The summed E-state index contributed by atoms with van der Waals surface area (Å²) in [6.45, 7) is 0. The second-order valence-corrected chi connectivity index (χ2v) is 7.09. The van der Waals surface area contributed by atoms with E-state index in [0.717, 1.165) is 0 Å². The Morgan fingerprint density at radius 2 is 1.86 bits per heavy atom. The number of nitrogens with one attached hydrogen (secondary N) is 2. The molecule has 0 atom stereocenters. The number of benzene rings is 2. The molecule has 2 N–H and O–H groups in total. The number of amides is 1. The number of ether oxygens (including phenoxy) is 3. The molecule has 0 aliphatic carbocycles. The molecule has 2 aromatic carbocycles. The maximum absolute atomic E-state index is 12.3. The van der Waals surface area contributed by atoms with Gasteiger partial charge >= 0.3 is 0 Å². The molecule has 3 rings (SSSR count). The summed E-state index contributed by atoms with van der Waals surface area (Å²) in [6.07, 6.45) is 0. The molecule has 0 unspecified atom stereocenters. The molecule has 0 fully saturated rings. The number of H-pyrrole nitrogens is 1. The SMILES string of the molecule is COc1ccc(OC)c(NC(=O)CSc2n[nH]c(-c3cc(Cl)ccc3OC)n2)c1. The van der Waals surface area contributed by atoms with Crippen LogP contribution in [0.1, 0.15) is 0 Å². The minimum atomic E-state index is -0.228. The van der Waals surface area contributed by atoms with Gasteiger partial charge in [0.1, 0.15) is 17.2 Å². The van der Waals surface area contributed by atoms with Crippen LogP contribution in [0.5, 0.6) is 17.2 Å². The van der Waals surface area contributed by atoms with Gasteiger partial charge in [-0.15, -0.1) is 5.10 Å². The summed E-state index contributed by atoms with van der Waals surface area (Å²) in [6, 6.07) is 10.4. The number of nitrogens with zero attached hydrogens (tertiary/aromatic N) is 2. The van der Waals surface area contributed by atoms with Crippen molar-refractivity contribution in [2.75, 3.05) is 32.4 Å². The van der Waals surface area contributed by atoms with Crippen molar-refractivity contribution in [2.45, 2.75) is 5.16 Å². The summed E-state index contributed by atoms with van der Waals surface area (Å²) in [4.78, 5) is 16.7. The van der Waals surface area contributed by atoms with Gasteiger partial charge in [0.05, 0.1) is 38.3 Å². The van der Waals surface area contributed by atoms with E-state index in [2.05, 4.69) is 20.5 Å². The highest BCUT2D eigenvalue weighted by molar-refractivity contribution is 7.99. The van der Waals surface area contributed by atoms with E-state index < -0.39 is 0 Å². The van der Waals surface area contributed by atoms with E-state index in [9.17, 15) is 4.79 Å². The lowest BCUT2D eigenvalue weighted by atomic mass is 10.2. The van der Waals surface area contributed by atoms with Crippen molar-refractivity contribution in [3.05, 3.63) is 41.4 Å². The van der Waals surface area contributed by atoms with Gasteiger partial charge in [0.25, 0.3) is 0 Å². The van der Waals surface area contributed by atoms with E-state index in [-0.39, 0.29) is 11.7 Å². The van der Waals surface area contributed by atoms with Gasteiger partial charge in [0, 0.05) is 11.1 Å². The monoisotopic (exact) mass is 434 g/mol. The maximum Gasteiger partial charge on any atom is 0.234 e. The fourth-order valence-electron chi connectivity index (χ4n) is 2.52. The van der Waals surface area contributed by atoms with Crippen LogP contribution in [0.3, 0.4) is 0 Å². The molecule has 0 saturated heterocycles. The van der Waals surface area contributed by atoms with Crippen molar-refractivity contribution < 1.29 is 19.0 Å². The summed E-state index contributed by atoms with van der Waals surface area (Å²) in [5.41, 5.74) is 1.21. The Hall–Kier alpha value is -2.91. The summed E-state index contributed by atoms with van der Waals surface area (Å²) >= 11 is 7.25. The van der Waals surface area contributed by atoms with Crippen LogP contribution in [0.15, 0.2) is 41.6 Å². The van der Waals surface area contributed by atoms with Crippen LogP contribution in [-0.4, -0.2) is 48.2 Å². The van der Waals surface area contributed by atoms with Crippen LogP contribution in [0.25, 0.3) is 11.4 Å². The number of hydrogen-bond acceptors (Lipinski definition) is 7. The molecule has 0 radical (unpaired) electrons. The van der Waals surface area contributed by atoms with E-state index in [1.807, 2.05) is 0 Å². The zero-order valence-electron chi connectivity index (χ0n) is 16.0. The molecule has 152 valence electrons. The smallest absolute Gasteiger partial charge is 0.234 e. The number of anilines is 1. The van der Waals surface area contributed by atoms with Gasteiger partial charge < -0.3 is 19.5 Å². The number of halogens is 1. The van der Waals surface area contributed by atoms with Crippen LogP contribution >= 0.6 is 23.4 Å². The quantitative estimate of drug-likeness (QED) is 0.519. The van der Waals surface area contributed by atoms with Gasteiger partial charge in [0.2, 0.25) is 11.1 Å². The molecule has 0 aliphatic heterocycles. The number of rotatable bonds is 8. The molecular formula is C19H19ClN4O4S. The summed E-state index contributed by atoms with van der Waals surface area (Å²) in [5, 5.41) is 10.8. The highest BCUT2D eigenvalue weighted by Gasteiger charge is 2.14. The summed E-state index contributed by atoms with van der Waals surface area (Å²) in [5.74, 6) is 2.16. The third-order valence-electron chi connectivity index (χ3n) is 3.89. The van der Waals surface area contributed by atoms with Crippen molar-refractivity contribution >= 4 is 35.0 Å². The molecule has 8 nitrogen and oxygen atoms in total. The minimum Gasteiger partial charge on any atom is -0.497 e. The lowest BCUT2D eigenvalue weighted by molar-refractivity contribution is -0.113. The Labute approximate surface area is 176 Å². The molecule has 0 aliphatic rings. The van der Waals surface area contributed by atoms with Crippen LogP contribution in [-0.2, 0) is 4.79 Å². The molecule has 0 saturated carbocycles. The van der Waals surface area contributed by atoms with E-state index in [0.29, 0.717) is 44.5 Å². The zero-order valence-corrected chi connectivity index (χ0v) is 17.6. The molecule has 1 amide bonds. The Bertz CT molecular complexity index is 1010. The lowest BCUT2D eigenvalue weighted by Gasteiger charge is -2.11. The molecule has 0 bridgehead atoms. The van der Waals surface area contributed by atoms with Gasteiger partial charge in [-0.3, -0.25) is 9.89 Å². The number of thioether (sulfide) groups is 1. The van der Waals surface area contributed by atoms with Gasteiger partial charge in [-0.2, -0.15) is 0 Å². The average Bonchev–Trinajstić information content (AvgIpc) is 3.21. The fraction of sp³-hybridized carbons (Fsp3) is 0.211. The molecule has 1 aromatic heterocycles. The van der Waals surface area contributed by atoms with Crippen molar-refractivity contribution in [1.82, 2.24) is 15.2 Å². The molecule has 3 aromatic rings. The second kappa shape index (κ2) is 9.53. The molecular weight excluding hydrogens is 416 g/mol. The maximum atomic E-state index is 12.3. The van der Waals surface area contributed by atoms with Crippen molar-refractivity contribution in [1.29, 1.82) is 0 Å². The number of carbonyl (C=O) groups excluding carboxylic acids is 1. The van der Waals surface area contributed by atoms with E-state index in [4.69, 9.17) is 25.8 Å². The summed E-state index contributed by atoms with van der Waals surface area (Å²) < 4.78 is 15.8. The third kappa shape index (κ3) is 5.12. The number of aromatic nitrogens is 3. The van der Waals surface area contributed by atoms with Crippen LogP contribution in [0.4, 0.5) is 5.69 Å². The van der Waals surface area contributed by atoms with Crippen molar-refractivity contribution in [2.24, 2.45) is 0 Å². The molecule has 29 heavy (non-hydrogen) atoms. The first-order valence-corrected chi connectivity index (χ1v) is 9.81. The highest BCUT2D eigenvalue weighted by Crippen LogP contribution is 2.32. The van der Waals surface area contributed by atoms with Crippen LogP contribution in [0.2, 0.25) is 5.02 Å². The average molecular weight is 435 g/mol. The van der Waals surface area contributed by atoms with Crippen molar-refractivity contribution in [3.63, 3.8) is 0 Å². The molecule has 0 spiro atoms. The molecule has 1 heterocycles. The van der Waals surface area contributed by atoms with Gasteiger partial charge in [-0.25, -0.2) is 4.98 Å². The Morgan fingerprint density at radius 3 is 2.59 bits per heavy atom. The second-order valence-electron chi connectivity index (χ2n) is 5.71. The number of methoxy groups -OCH3 is 3.